The van der Waals surface area contributed by atoms with Crippen molar-refractivity contribution in [3.8, 4) is 78.4 Å². The minimum Gasteiger partial charge on any atom is -0.309 e. The van der Waals surface area contributed by atoms with Crippen LogP contribution in [0.15, 0.2) is 449 Å². The van der Waals surface area contributed by atoms with Crippen molar-refractivity contribution in [2.45, 2.75) is 0 Å². The number of fused-ring (bicyclic) bond motifs is 12. The summed E-state index contributed by atoms with van der Waals surface area (Å²) in [5, 5.41) is 15.5. The summed E-state index contributed by atoms with van der Waals surface area (Å²) < 4.78 is 9.68. The Balaban J connectivity index is 0.000000146. The predicted molar refractivity (Wildman–Crippen MR) is 481 cm³/mol. The van der Waals surface area contributed by atoms with Crippen LogP contribution < -0.4 is 20.7 Å². The van der Waals surface area contributed by atoms with Crippen LogP contribution in [0.5, 0.6) is 0 Å². The first-order chi connectivity index (χ1) is 56.1. The molecule has 0 N–H and O–H groups in total. The SMILES string of the molecule is c1ccc(-c2cc(-c3ccccc3)cc(-n3c4ccccc4c4cc(-c5ccc6c(c5)c5ccccc5n6-c5ccccc5)ccc43)c2)cc1.c1ccc(-c2ccccc2-n2c3ccccc3c3cc(-c4ccc5c(c4)c4ccccc4n5-c4ccc([Si](c5ccccc5)(c5ccccc5)c5ccccc5)cc4)ccc32)cc1. The molecule has 5 heteroatoms. The maximum atomic E-state index is 2.44. The minimum atomic E-state index is -2.64. The number of hydrogen-bond donors (Lipinski definition) is 0. The van der Waals surface area contributed by atoms with E-state index in [4.69, 9.17) is 0 Å². The van der Waals surface area contributed by atoms with Gasteiger partial charge in [0.15, 0.2) is 8.07 Å². The van der Waals surface area contributed by atoms with Gasteiger partial charge in [0.25, 0.3) is 0 Å². The first-order valence-corrected chi connectivity index (χ1v) is 41.0. The third kappa shape index (κ3) is 11.4. The molecule has 0 aliphatic rings. The van der Waals surface area contributed by atoms with Gasteiger partial charge >= 0.3 is 0 Å². The van der Waals surface area contributed by atoms with Gasteiger partial charge in [-0.2, -0.15) is 0 Å². The van der Waals surface area contributed by atoms with Crippen molar-refractivity contribution < 1.29 is 0 Å². The highest BCUT2D eigenvalue weighted by molar-refractivity contribution is 7.19. The van der Waals surface area contributed by atoms with Crippen molar-refractivity contribution in [3.05, 3.63) is 449 Å². The highest BCUT2D eigenvalue weighted by Gasteiger charge is 2.41. The van der Waals surface area contributed by atoms with Crippen LogP contribution in [0.4, 0.5) is 0 Å². The number of para-hydroxylation sites is 6. The van der Waals surface area contributed by atoms with Crippen LogP contribution in [0.25, 0.3) is 166 Å². The van der Waals surface area contributed by atoms with E-state index in [9.17, 15) is 0 Å². The molecule has 113 heavy (non-hydrogen) atoms. The number of nitrogens with zero attached hydrogens (tertiary/aromatic N) is 4. The van der Waals surface area contributed by atoms with Crippen molar-refractivity contribution in [2.24, 2.45) is 0 Å². The monoisotopic (exact) mass is 1450 g/mol. The molecule has 0 spiro atoms. The minimum absolute atomic E-state index is 1.15. The summed E-state index contributed by atoms with van der Waals surface area (Å²) in [6, 6.07) is 164. The zero-order chi connectivity index (χ0) is 74.8. The highest BCUT2D eigenvalue weighted by Crippen LogP contribution is 2.43. The normalized spacial score (nSPS) is 11.7. The standard InChI is InChI=1S/C60H42N2Si.C48H32N2/c1-5-19-43(20-6-1)51-27-13-16-30-56(51)62-58-32-18-15-29-53(58)55-42-45(34-40-60(55)62)44-33-39-59-54(41-44)52-28-14-17-31-57(52)61(59)46-35-37-50(38-36-46)63(47-21-7-2-8-22-47,48-23-9-3-10-24-48)49-25-11-4-12-26-49;1-4-14-33(15-5-1)37-28-38(34-16-6-2-7-17-34)30-40(29-37)50-46-23-13-11-21-42(46)44-32-36(25-27-48(44)50)35-24-26-47-43(31-35)41-20-10-12-22-45(41)49(47)39-18-8-3-9-19-39/h1-42H;1-32H. The molecule has 0 aliphatic carbocycles. The van der Waals surface area contributed by atoms with Crippen LogP contribution >= 0.6 is 0 Å². The summed E-state index contributed by atoms with van der Waals surface area (Å²) in [5.74, 6) is 0. The number of aromatic nitrogens is 4. The highest BCUT2D eigenvalue weighted by atomic mass is 28.3. The lowest BCUT2D eigenvalue weighted by atomic mass is 9.98. The molecule has 530 valence electrons. The fourth-order valence-corrected chi connectivity index (χ4v) is 22.8. The zero-order valence-corrected chi connectivity index (χ0v) is 63.0. The summed E-state index contributed by atoms with van der Waals surface area (Å²) in [4.78, 5) is 0. The van der Waals surface area contributed by atoms with Gasteiger partial charge in [-0.3, -0.25) is 0 Å². The maximum absolute atomic E-state index is 2.64. The second-order valence-corrected chi connectivity index (χ2v) is 33.3. The predicted octanol–water partition coefficient (Wildman–Crippen LogP) is 25.5. The second-order valence-electron chi connectivity index (χ2n) is 29.5. The number of hydrogen-bond acceptors (Lipinski definition) is 0. The number of benzene rings is 18. The molecule has 0 unspecified atom stereocenters. The zero-order valence-electron chi connectivity index (χ0n) is 62.0. The van der Waals surface area contributed by atoms with Crippen molar-refractivity contribution >= 4 is 116 Å². The molecule has 0 bridgehead atoms. The molecule has 4 heterocycles. The van der Waals surface area contributed by atoms with E-state index >= 15 is 0 Å². The Morgan fingerprint density at radius 3 is 0.805 bits per heavy atom. The van der Waals surface area contributed by atoms with E-state index in [1.54, 1.807) is 0 Å². The average molecular weight is 1460 g/mol. The Bertz CT molecular complexity index is 7150. The van der Waals surface area contributed by atoms with Gasteiger partial charge in [-0.1, -0.05) is 328 Å². The average Bonchev–Trinajstić information content (AvgIpc) is 1.73. The van der Waals surface area contributed by atoms with E-state index in [-0.39, 0.29) is 0 Å². The first-order valence-electron chi connectivity index (χ1n) is 39.0. The molecule has 0 radical (unpaired) electrons. The lowest BCUT2D eigenvalue weighted by Crippen LogP contribution is -2.74. The van der Waals surface area contributed by atoms with E-state index in [2.05, 4.69) is 467 Å². The summed E-state index contributed by atoms with van der Waals surface area (Å²) in [5.41, 5.74) is 26.3. The van der Waals surface area contributed by atoms with E-state index in [0.29, 0.717) is 0 Å². The van der Waals surface area contributed by atoms with Crippen LogP contribution in [-0.2, 0) is 0 Å². The van der Waals surface area contributed by atoms with Crippen LogP contribution in [-0.4, -0.2) is 26.3 Å². The molecule has 0 aliphatic heterocycles. The Labute approximate surface area is 657 Å². The van der Waals surface area contributed by atoms with E-state index in [0.717, 1.165) is 11.4 Å². The molecular formula is C108H74N4Si. The van der Waals surface area contributed by atoms with Gasteiger partial charge in [0.2, 0.25) is 0 Å². The van der Waals surface area contributed by atoms with Crippen molar-refractivity contribution in [3.63, 3.8) is 0 Å². The van der Waals surface area contributed by atoms with E-state index < -0.39 is 8.07 Å². The molecule has 0 atom stereocenters. The molecular weight excluding hydrogens is 1380 g/mol. The summed E-state index contributed by atoms with van der Waals surface area (Å²) in [6.45, 7) is 0. The Hall–Kier alpha value is -14.6. The summed E-state index contributed by atoms with van der Waals surface area (Å²) >= 11 is 0. The molecule has 4 aromatic heterocycles. The Morgan fingerprint density at radius 2 is 0.416 bits per heavy atom. The molecule has 0 fully saturated rings. The van der Waals surface area contributed by atoms with Crippen LogP contribution in [0.1, 0.15) is 0 Å². The van der Waals surface area contributed by atoms with E-state index in [1.807, 2.05) is 0 Å². The van der Waals surface area contributed by atoms with Gasteiger partial charge in [-0.05, 0) is 192 Å². The van der Waals surface area contributed by atoms with Gasteiger partial charge in [-0.15, -0.1) is 0 Å². The Morgan fingerprint density at radius 1 is 0.142 bits per heavy atom. The summed E-state index contributed by atoms with van der Waals surface area (Å²) in [6.07, 6.45) is 0. The van der Waals surface area contributed by atoms with Crippen LogP contribution in [0.3, 0.4) is 0 Å². The van der Waals surface area contributed by atoms with Crippen molar-refractivity contribution in [1.29, 1.82) is 0 Å². The molecule has 22 rings (SSSR count). The largest absolute Gasteiger partial charge is 0.309 e. The fraction of sp³-hybridized carbons (Fsp3) is 0. The molecule has 0 saturated heterocycles. The van der Waals surface area contributed by atoms with Crippen molar-refractivity contribution in [2.75, 3.05) is 0 Å². The quantitative estimate of drug-likeness (QED) is 0.0810. The van der Waals surface area contributed by atoms with Gasteiger partial charge < -0.3 is 18.3 Å². The molecule has 22 aromatic rings. The third-order valence-electron chi connectivity index (χ3n) is 23.2. The molecule has 0 amide bonds. The van der Waals surface area contributed by atoms with Crippen molar-refractivity contribution in [1.82, 2.24) is 18.3 Å². The fourth-order valence-electron chi connectivity index (χ4n) is 18.1. The van der Waals surface area contributed by atoms with Gasteiger partial charge in [0, 0.05) is 65.7 Å². The smallest absolute Gasteiger partial charge is 0.179 e. The lowest BCUT2D eigenvalue weighted by Gasteiger charge is -2.34. The lowest BCUT2D eigenvalue weighted by molar-refractivity contribution is 1.18. The van der Waals surface area contributed by atoms with Gasteiger partial charge in [0.05, 0.1) is 49.8 Å². The van der Waals surface area contributed by atoms with Gasteiger partial charge in [-0.25, -0.2) is 0 Å². The first kappa shape index (κ1) is 66.6. The van der Waals surface area contributed by atoms with Gasteiger partial charge in [0.1, 0.15) is 0 Å². The molecule has 4 nitrogen and oxygen atoms in total. The molecule has 0 saturated carbocycles. The van der Waals surface area contributed by atoms with E-state index in [1.165, 1.54) is 175 Å². The number of rotatable bonds is 13. The maximum Gasteiger partial charge on any atom is 0.179 e. The second kappa shape index (κ2) is 28.1. The molecule has 18 aromatic carbocycles. The van der Waals surface area contributed by atoms with Crippen LogP contribution in [0, 0.1) is 0 Å². The third-order valence-corrected chi connectivity index (χ3v) is 28.0. The summed E-state index contributed by atoms with van der Waals surface area (Å²) in [7, 11) is -2.64. The van der Waals surface area contributed by atoms with Crippen LogP contribution in [0.2, 0.25) is 0 Å². The Kier molecular flexibility index (Phi) is 16.6. The topological polar surface area (TPSA) is 19.7 Å².